The summed E-state index contributed by atoms with van der Waals surface area (Å²) in [6.45, 7) is 6.54. The molecule has 64 valence electrons. The molecule has 0 aliphatic carbocycles. The van der Waals surface area contributed by atoms with Crippen LogP contribution in [-0.2, 0) is 0 Å². The smallest absolute Gasteiger partial charge is 0.0175 e. The second-order valence-corrected chi connectivity index (χ2v) is 3.23. The van der Waals surface area contributed by atoms with Crippen LogP contribution in [0.5, 0.6) is 0 Å². The Morgan fingerprint density at radius 1 is 1.73 bits per heavy atom. The van der Waals surface area contributed by atoms with Gasteiger partial charge in [-0.15, -0.1) is 0 Å². The fraction of sp³-hybridized carbons (Fsp3) is 0.750. The largest absolute Gasteiger partial charge is 0.312 e. The molecule has 0 amide bonds. The first kappa shape index (κ1) is 9.04. The van der Waals surface area contributed by atoms with Crippen molar-refractivity contribution in [1.29, 1.82) is 0 Å². The van der Waals surface area contributed by atoms with E-state index in [4.69, 9.17) is 11.6 Å². The summed E-state index contributed by atoms with van der Waals surface area (Å²) >= 11 is 5.43. The van der Waals surface area contributed by atoms with E-state index >= 15 is 0 Å². The van der Waals surface area contributed by atoms with Gasteiger partial charge < -0.3 is 5.32 Å². The minimum atomic E-state index is 0.618. The highest BCUT2D eigenvalue weighted by Gasteiger charge is 2.13. The Kier molecular flexibility index (Phi) is 3.91. The summed E-state index contributed by atoms with van der Waals surface area (Å²) in [5, 5.41) is 3.39. The maximum atomic E-state index is 5.43. The van der Waals surface area contributed by atoms with Gasteiger partial charge in [-0.05, 0) is 6.92 Å². The summed E-state index contributed by atoms with van der Waals surface area (Å²) in [5.74, 6) is 0. The standard InChI is InChI=1S/C8H15ClN2/c1-8-7-11(5-2-3-9)6-4-10-8/h2-3,8,10H,4-7H2,1H3. The van der Waals surface area contributed by atoms with Gasteiger partial charge in [0.2, 0.25) is 0 Å². The topological polar surface area (TPSA) is 15.3 Å². The Morgan fingerprint density at radius 3 is 3.18 bits per heavy atom. The van der Waals surface area contributed by atoms with Crippen LogP contribution in [0.4, 0.5) is 0 Å². The van der Waals surface area contributed by atoms with Crippen molar-refractivity contribution in [2.45, 2.75) is 13.0 Å². The van der Waals surface area contributed by atoms with E-state index in [0.29, 0.717) is 6.04 Å². The summed E-state index contributed by atoms with van der Waals surface area (Å²) in [6, 6.07) is 0.618. The molecule has 11 heavy (non-hydrogen) atoms. The lowest BCUT2D eigenvalue weighted by Gasteiger charge is -2.30. The molecule has 1 aliphatic rings. The van der Waals surface area contributed by atoms with Crippen molar-refractivity contribution in [3.63, 3.8) is 0 Å². The number of hydrogen-bond donors (Lipinski definition) is 1. The van der Waals surface area contributed by atoms with Crippen LogP contribution in [0.15, 0.2) is 11.6 Å². The van der Waals surface area contributed by atoms with Crippen LogP contribution in [0.3, 0.4) is 0 Å². The van der Waals surface area contributed by atoms with Crippen LogP contribution < -0.4 is 5.32 Å². The molecule has 0 aromatic carbocycles. The quantitative estimate of drug-likeness (QED) is 0.673. The lowest BCUT2D eigenvalue weighted by atomic mass is 10.2. The number of nitrogens with one attached hydrogen (secondary N) is 1. The summed E-state index contributed by atoms with van der Waals surface area (Å²) in [5.41, 5.74) is 1.59. The molecule has 3 heteroatoms. The zero-order chi connectivity index (χ0) is 8.10. The predicted octanol–water partition coefficient (Wildman–Crippen LogP) is 1.03. The second kappa shape index (κ2) is 4.75. The van der Waals surface area contributed by atoms with E-state index in [0.717, 1.165) is 26.2 Å². The van der Waals surface area contributed by atoms with E-state index in [2.05, 4.69) is 17.1 Å². The maximum Gasteiger partial charge on any atom is 0.0175 e. The van der Waals surface area contributed by atoms with Crippen molar-refractivity contribution in [2.75, 3.05) is 26.2 Å². The van der Waals surface area contributed by atoms with Crippen molar-refractivity contribution in [3.05, 3.63) is 11.6 Å². The van der Waals surface area contributed by atoms with E-state index < -0.39 is 0 Å². The second-order valence-electron chi connectivity index (χ2n) is 2.98. The van der Waals surface area contributed by atoms with Crippen molar-refractivity contribution in [2.24, 2.45) is 0 Å². The van der Waals surface area contributed by atoms with Crippen LogP contribution in [0.2, 0.25) is 0 Å². The fourth-order valence-electron chi connectivity index (χ4n) is 1.37. The molecule has 2 nitrogen and oxygen atoms in total. The molecule has 1 N–H and O–H groups in total. The van der Waals surface area contributed by atoms with Gasteiger partial charge in [-0.3, -0.25) is 4.90 Å². The maximum absolute atomic E-state index is 5.43. The summed E-state index contributed by atoms with van der Waals surface area (Å²) in [7, 11) is 0. The van der Waals surface area contributed by atoms with Crippen LogP contribution in [0, 0.1) is 0 Å². The molecular weight excluding hydrogens is 160 g/mol. The van der Waals surface area contributed by atoms with Crippen molar-refractivity contribution in [3.8, 4) is 0 Å². The van der Waals surface area contributed by atoms with Gasteiger partial charge >= 0.3 is 0 Å². The number of halogens is 1. The number of nitrogens with zero attached hydrogens (tertiary/aromatic N) is 1. The molecule has 1 unspecified atom stereocenters. The lowest BCUT2D eigenvalue weighted by Crippen LogP contribution is -2.49. The SMILES string of the molecule is CC1CN(CC=CCl)CCN1. The van der Waals surface area contributed by atoms with Gasteiger partial charge in [0.25, 0.3) is 0 Å². The summed E-state index contributed by atoms with van der Waals surface area (Å²) in [4.78, 5) is 2.39. The first-order chi connectivity index (χ1) is 5.33. The minimum absolute atomic E-state index is 0.618. The Morgan fingerprint density at radius 2 is 2.55 bits per heavy atom. The minimum Gasteiger partial charge on any atom is -0.312 e. The molecule has 0 aromatic rings. The van der Waals surface area contributed by atoms with Gasteiger partial charge in [-0.1, -0.05) is 17.7 Å². The summed E-state index contributed by atoms with van der Waals surface area (Å²) in [6.07, 6.45) is 1.99. The molecule has 0 bridgehead atoms. The Bertz CT molecular complexity index is 136. The third-order valence-electron chi connectivity index (χ3n) is 1.91. The normalized spacial score (nSPS) is 28.0. The molecule has 0 spiro atoms. The van der Waals surface area contributed by atoms with Gasteiger partial charge in [0.15, 0.2) is 0 Å². The van der Waals surface area contributed by atoms with Gasteiger partial charge in [-0.25, -0.2) is 0 Å². The highest BCUT2D eigenvalue weighted by atomic mass is 35.5. The average Bonchev–Trinajstić information content (AvgIpc) is 2.01. The molecule has 1 heterocycles. The number of piperazine rings is 1. The van der Waals surface area contributed by atoms with Gasteiger partial charge in [0, 0.05) is 37.8 Å². The van der Waals surface area contributed by atoms with E-state index in [1.807, 2.05) is 6.08 Å². The lowest BCUT2D eigenvalue weighted by molar-refractivity contribution is 0.226. The molecule has 1 rings (SSSR count). The van der Waals surface area contributed by atoms with E-state index in [9.17, 15) is 0 Å². The third kappa shape index (κ3) is 3.23. The zero-order valence-corrected chi connectivity index (χ0v) is 7.64. The van der Waals surface area contributed by atoms with Gasteiger partial charge in [0.1, 0.15) is 0 Å². The first-order valence-corrected chi connectivity index (χ1v) is 4.47. The molecular formula is C8H15ClN2. The molecule has 1 aliphatic heterocycles. The zero-order valence-electron chi connectivity index (χ0n) is 6.89. The molecule has 1 atom stereocenters. The first-order valence-electron chi connectivity index (χ1n) is 4.04. The third-order valence-corrected chi connectivity index (χ3v) is 2.08. The Balaban J connectivity index is 2.22. The van der Waals surface area contributed by atoms with Gasteiger partial charge in [-0.2, -0.15) is 0 Å². The number of rotatable bonds is 2. The molecule has 1 saturated heterocycles. The van der Waals surface area contributed by atoms with E-state index in [1.54, 1.807) is 5.54 Å². The monoisotopic (exact) mass is 174 g/mol. The van der Waals surface area contributed by atoms with E-state index in [1.165, 1.54) is 0 Å². The van der Waals surface area contributed by atoms with Crippen molar-refractivity contribution < 1.29 is 0 Å². The highest BCUT2D eigenvalue weighted by molar-refractivity contribution is 6.25. The van der Waals surface area contributed by atoms with E-state index in [-0.39, 0.29) is 0 Å². The Hall–Kier alpha value is -0.0500. The van der Waals surface area contributed by atoms with Crippen LogP contribution in [-0.4, -0.2) is 37.1 Å². The van der Waals surface area contributed by atoms with Gasteiger partial charge in [0.05, 0.1) is 0 Å². The van der Waals surface area contributed by atoms with Crippen molar-refractivity contribution >= 4 is 11.6 Å². The Labute approximate surface area is 73.2 Å². The van der Waals surface area contributed by atoms with Crippen LogP contribution in [0.1, 0.15) is 6.92 Å². The molecule has 1 fully saturated rings. The fourth-order valence-corrected chi connectivity index (χ4v) is 1.45. The van der Waals surface area contributed by atoms with Crippen molar-refractivity contribution in [1.82, 2.24) is 10.2 Å². The van der Waals surface area contributed by atoms with Crippen LogP contribution >= 0.6 is 11.6 Å². The average molecular weight is 175 g/mol. The molecule has 0 aromatic heterocycles. The number of hydrogen-bond acceptors (Lipinski definition) is 2. The molecule has 0 saturated carbocycles. The molecule has 0 radical (unpaired) electrons. The predicted molar refractivity (Wildman–Crippen MR) is 48.9 cm³/mol. The van der Waals surface area contributed by atoms with Crippen LogP contribution in [0.25, 0.3) is 0 Å². The summed E-state index contributed by atoms with van der Waals surface area (Å²) < 4.78 is 0. The highest BCUT2D eigenvalue weighted by Crippen LogP contribution is 1.98.